The normalized spacial score (nSPS) is 16.7. The third-order valence-corrected chi connectivity index (χ3v) is 4.01. The zero-order chi connectivity index (χ0) is 15.9. The van der Waals surface area contributed by atoms with Crippen LogP contribution in [0.15, 0.2) is 29.3 Å². The number of anilines is 1. The summed E-state index contributed by atoms with van der Waals surface area (Å²) in [6.45, 7) is 5.55. The van der Waals surface area contributed by atoms with Crippen LogP contribution in [0.3, 0.4) is 0 Å². The van der Waals surface area contributed by atoms with E-state index in [1.165, 1.54) is 0 Å². The van der Waals surface area contributed by atoms with E-state index in [4.69, 9.17) is 5.73 Å². The lowest BCUT2D eigenvalue weighted by Gasteiger charge is -2.26. The van der Waals surface area contributed by atoms with Gasteiger partial charge >= 0.3 is 0 Å². The van der Waals surface area contributed by atoms with E-state index < -0.39 is 0 Å². The van der Waals surface area contributed by atoms with Gasteiger partial charge in [-0.15, -0.1) is 24.0 Å². The molecule has 128 valence electrons. The molecule has 1 heterocycles. The second kappa shape index (κ2) is 9.75. The van der Waals surface area contributed by atoms with Gasteiger partial charge in [-0.1, -0.05) is 19.1 Å². The molecule has 1 aromatic rings. The summed E-state index contributed by atoms with van der Waals surface area (Å²) in [7, 11) is 0. The molecule has 2 rings (SSSR count). The van der Waals surface area contributed by atoms with Gasteiger partial charge in [0.1, 0.15) is 0 Å². The molecule has 0 spiro atoms. The maximum atomic E-state index is 11.9. The number of aliphatic imine (C=N–C) groups is 1. The minimum Gasteiger partial charge on any atom is -0.370 e. The molecule has 23 heavy (non-hydrogen) atoms. The van der Waals surface area contributed by atoms with Crippen LogP contribution in [0.25, 0.3) is 0 Å². The summed E-state index contributed by atoms with van der Waals surface area (Å²) in [5, 5.41) is 3.14. The first kappa shape index (κ1) is 19.7. The predicted molar refractivity (Wildman–Crippen MR) is 106 cm³/mol. The smallest absolute Gasteiger partial charge is 0.226 e. The fraction of sp³-hybridized carbons (Fsp3) is 0.529. The number of guanidine groups is 1. The van der Waals surface area contributed by atoms with E-state index in [2.05, 4.69) is 24.2 Å². The first-order valence-corrected chi connectivity index (χ1v) is 8.06. The molecule has 1 atom stereocenters. The summed E-state index contributed by atoms with van der Waals surface area (Å²) in [6, 6.07) is 8.34. The molecular weight excluding hydrogens is 403 g/mol. The van der Waals surface area contributed by atoms with Crippen LogP contribution in [0.1, 0.15) is 45.1 Å². The van der Waals surface area contributed by atoms with Crippen molar-refractivity contribution in [1.82, 2.24) is 5.32 Å². The lowest BCUT2D eigenvalue weighted by Crippen LogP contribution is -2.38. The van der Waals surface area contributed by atoms with Crippen LogP contribution < -0.4 is 16.0 Å². The van der Waals surface area contributed by atoms with Crippen LogP contribution in [0.5, 0.6) is 0 Å². The van der Waals surface area contributed by atoms with Crippen LogP contribution in [0, 0.1) is 0 Å². The molecule has 1 aliphatic heterocycles. The molecule has 0 aliphatic carbocycles. The average molecular weight is 430 g/mol. The van der Waals surface area contributed by atoms with Gasteiger partial charge in [0.25, 0.3) is 0 Å². The molecular formula is C17H27IN4O. The molecule has 1 saturated heterocycles. The summed E-state index contributed by atoms with van der Waals surface area (Å²) in [4.78, 5) is 18.1. The molecule has 5 nitrogen and oxygen atoms in total. The van der Waals surface area contributed by atoms with E-state index in [0.717, 1.165) is 37.1 Å². The molecule has 0 bridgehead atoms. The summed E-state index contributed by atoms with van der Waals surface area (Å²) in [5.41, 5.74) is 7.91. The number of hydrogen-bond acceptors (Lipinski definition) is 2. The van der Waals surface area contributed by atoms with Crippen molar-refractivity contribution < 1.29 is 4.79 Å². The van der Waals surface area contributed by atoms with Gasteiger partial charge in [-0.2, -0.15) is 0 Å². The zero-order valence-electron chi connectivity index (χ0n) is 13.9. The van der Waals surface area contributed by atoms with Gasteiger partial charge in [0.15, 0.2) is 5.96 Å². The first-order chi connectivity index (χ1) is 10.6. The van der Waals surface area contributed by atoms with Crippen molar-refractivity contribution in [1.29, 1.82) is 0 Å². The SMILES string of the molecule is CCC(C)NC(N)=NCc1ccc(N2CCCCC2=O)cc1.I. The van der Waals surface area contributed by atoms with Crippen molar-refractivity contribution in [2.45, 2.75) is 52.1 Å². The Kier molecular flexibility index (Phi) is 8.36. The van der Waals surface area contributed by atoms with Gasteiger partial charge in [0.05, 0.1) is 6.54 Å². The van der Waals surface area contributed by atoms with Crippen molar-refractivity contribution in [2.24, 2.45) is 10.7 Å². The number of hydrogen-bond donors (Lipinski definition) is 2. The van der Waals surface area contributed by atoms with E-state index in [1.807, 2.05) is 29.2 Å². The van der Waals surface area contributed by atoms with Crippen molar-refractivity contribution >= 4 is 41.5 Å². The number of carbonyl (C=O) groups excluding carboxylic acids is 1. The van der Waals surface area contributed by atoms with Gasteiger partial charge < -0.3 is 16.0 Å². The summed E-state index contributed by atoms with van der Waals surface area (Å²) in [5.74, 6) is 0.698. The van der Waals surface area contributed by atoms with Crippen LogP contribution in [0.2, 0.25) is 0 Å². The van der Waals surface area contributed by atoms with Gasteiger partial charge in [-0.3, -0.25) is 4.79 Å². The quantitative estimate of drug-likeness (QED) is 0.429. The van der Waals surface area contributed by atoms with Crippen molar-refractivity contribution in [3.63, 3.8) is 0 Å². The number of amides is 1. The van der Waals surface area contributed by atoms with Gasteiger partial charge in [0.2, 0.25) is 5.91 Å². The Balaban J connectivity index is 0.00000264. The average Bonchev–Trinajstić information content (AvgIpc) is 2.54. The number of benzene rings is 1. The molecule has 1 unspecified atom stereocenters. The Labute approximate surface area is 155 Å². The van der Waals surface area contributed by atoms with Gasteiger partial charge in [0, 0.05) is 24.7 Å². The summed E-state index contributed by atoms with van der Waals surface area (Å²) in [6.07, 6.45) is 3.75. The maximum Gasteiger partial charge on any atom is 0.226 e. The molecule has 1 aromatic carbocycles. The fourth-order valence-electron chi connectivity index (χ4n) is 2.44. The monoisotopic (exact) mass is 430 g/mol. The third-order valence-electron chi connectivity index (χ3n) is 4.01. The highest BCUT2D eigenvalue weighted by molar-refractivity contribution is 14.0. The number of nitrogens with two attached hydrogens (primary N) is 1. The highest BCUT2D eigenvalue weighted by Crippen LogP contribution is 2.21. The molecule has 1 amide bonds. The van der Waals surface area contributed by atoms with E-state index in [-0.39, 0.29) is 29.9 Å². The Hall–Kier alpha value is -1.31. The molecule has 3 N–H and O–H groups in total. The molecule has 6 heteroatoms. The zero-order valence-corrected chi connectivity index (χ0v) is 16.2. The van der Waals surface area contributed by atoms with Crippen molar-refractivity contribution in [3.05, 3.63) is 29.8 Å². The Morgan fingerprint density at radius 3 is 2.65 bits per heavy atom. The highest BCUT2D eigenvalue weighted by atomic mass is 127. The molecule has 0 radical (unpaired) electrons. The van der Waals surface area contributed by atoms with Crippen molar-refractivity contribution in [3.8, 4) is 0 Å². The van der Waals surface area contributed by atoms with E-state index in [1.54, 1.807) is 0 Å². The van der Waals surface area contributed by atoms with E-state index >= 15 is 0 Å². The minimum atomic E-state index is 0. The topological polar surface area (TPSA) is 70.7 Å². The first-order valence-electron chi connectivity index (χ1n) is 8.06. The maximum absolute atomic E-state index is 11.9. The second-order valence-electron chi connectivity index (χ2n) is 5.82. The Bertz CT molecular complexity index is 530. The third kappa shape index (κ3) is 6.01. The highest BCUT2D eigenvalue weighted by Gasteiger charge is 2.19. The number of rotatable bonds is 5. The predicted octanol–water partition coefficient (Wildman–Crippen LogP) is 3.02. The molecule has 0 saturated carbocycles. The standard InChI is InChI=1S/C17H26N4O.HI/c1-3-13(2)20-17(18)19-12-14-7-9-15(10-8-14)21-11-5-4-6-16(21)22;/h7-10,13H,3-6,11-12H2,1-2H3,(H3,18,19,20);1H. The van der Waals surface area contributed by atoms with Gasteiger partial charge in [-0.05, 0) is 43.9 Å². The molecule has 1 fully saturated rings. The second-order valence-corrected chi connectivity index (χ2v) is 5.82. The number of piperidine rings is 1. The number of halogens is 1. The molecule has 1 aliphatic rings. The van der Waals surface area contributed by atoms with E-state index in [0.29, 0.717) is 25.0 Å². The summed E-state index contributed by atoms with van der Waals surface area (Å²) < 4.78 is 0. The Morgan fingerprint density at radius 1 is 1.35 bits per heavy atom. The number of nitrogens with zero attached hydrogens (tertiary/aromatic N) is 2. The van der Waals surface area contributed by atoms with Crippen molar-refractivity contribution in [2.75, 3.05) is 11.4 Å². The number of carbonyl (C=O) groups is 1. The summed E-state index contributed by atoms with van der Waals surface area (Å²) >= 11 is 0. The lowest BCUT2D eigenvalue weighted by atomic mass is 10.1. The Morgan fingerprint density at radius 2 is 2.04 bits per heavy atom. The van der Waals surface area contributed by atoms with Crippen LogP contribution >= 0.6 is 24.0 Å². The fourth-order valence-corrected chi connectivity index (χ4v) is 2.44. The van der Waals surface area contributed by atoms with E-state index in [9.17, 15) is 4.79 Å². The van der Waals surface area contributed by atoms with Gasteiger partial charge in [-0.25, -0.2) is 4.99 Å². The van der Waals surface area contributed by atoms with Crippen LogP contribution in [-0.2, 0) is 11.3 Å². The largest absolute Gasteiger partial charge is 0.370 e. The number of nitrogens with one attached hydrogen (secondary N) is 1. The molecule has 0 aromatic heterocycles. The minimum absolute atomic E-state index is 0. The van der Waals surface area contributed by atoms with Crippen LogP contribution in [0.4, 0.5) is 5.69 Å². The van der Waals surface area contributed by atoms with Crippen LogP contribution in [-0.4, -0.2) is 24.5 Å². The lowest BCUT2D eigenvalue weighted by molar-refractivity contribution is -0.119.